The van der Waals surface area contributed by atoms with Crippen molar-refractivity contribution in [2.24, 2.45) is 0 Å². The minimum absolute atomic E-state index is 0.378. The number of aliphatic hydroxyl groups is 1. The van der Waals surface area contributed by atoms with Gasteiger partial charge >= 0.3 is 0 Å². The Kier molecular flexibility index (Phi) is 3.60. The van der Waals surface area contributed by atoms with Gasteiger partial charge in [-0.25, -0.2) is 0 Å². The van der Waals surface area contributed by atoms with E-state index < -0.39 is 6.10 Å². The van der Waals surface area contributed by atoms with Crippen LogP contribution in [0.2, 0.25) is 0 Å². The molecule has 3 aromatic carbocycles. The van der Waals surface area contributed by atoms with E-state index in [-0.39, 0.29) is 0 Å². The molecule has 1 unspecified atom stereocenters. The number of hydrogen-bond donors (Lipinski definition) is 1. The monoisotopic (exact) mass is 302 g/mol. The predicted molar refractivity (Wildman–Crippen MR) is 92.5 cm³/mol. The van der Waals surface area contributed by atoms with Gasteiger partial charge in [0, 0.05) is 6.42 Å². The molecular weight excluding hydrogens is 284 g/mol. The van der Waals surface area contributed by atoms with Crippen molar-refractivity contribution in [3.8, 4) is 28.0 Å². The van der Waals surface area contributed by atoms with Crippen LogP contribution in [0.4, 0.5) is 0 Å². The molecule has 23 heavy (non-hydrogen) atoms. The Morgan fingerprint density at radius 1 is 0.739 bits per heavy atom. The maximum absolute atomic E-state index is 9.66. The zero-order valence-electron chi connectivity index (χ0n) is 12.8. The van der Waals surface area contributed by atoms with Crippen LogP contribution in [0.3, 0.4) is 0 Å². The number of aliphatic hydroxyl groups excluding tert-OH is 1. The Bertz CT molecular complexity index is 807. The van der Waals surface area contributed by atoms with Gasteiger partial charge in [0.2, 0.25) is 0 Å². The number of hydrogen-bond acceptors (Lipinski definition) is 2. The molecule has 0 aromatic heterocycles. The van der Waals surface area contributed by atoms with Gasteiger partial charge in [-0.15, -0.1) is 0 Å². The van der Waals surface area contributed by atoms with Crippen LogP contribution in [0.5, 0.6) is 5.75 Å². The molecule has 0 amide bonds. The van der Waals surface area contributed by atoms with Crippen molar-refractivity contribution in [2.75, 3.05) is 6.61 Å². The summed E-state index contributed by atoms with van der Waals surface area (Å²) in [6.07, 6.45) is 0.279. The zero-order chi connectivity index (χ0) is 15.6. The van der Waals surface area contributed by atoms with Crippen molar-refractivity contribution in [1.82, 2.24) is 0 Å². The maximum Gasteiger partial charge on any atom is 0.123 e. The fourth-order valence-electron chi connectivity index (χ4n) is 3.02. The number of rotatable bonds is 2. The standard InChI is InChI=1S/C21H18O2/c22-20-12-19-11-10-18(13-21(19)23-14-20)17-8-6-16(7-9-17)15-4-2-1-3-5-15/h1-11,13,20,22H,12,14H2. The third-order valence-electron chi connectivity index (χ3n) is 4.28. The molecule has 1 aliphatic rings. The quantitative estimate of drug-likeness (QED) is 0.764. The minimum Gasteiger partial charge on any atom is -0.491 e. The van der Waals surface area contributed by atoms with E-state index in [9.17, 15) is 5.11 Å². The average Bonchev–Trinajstić information content (AvgIpc) is 2.62. The highest BCUT2D eigenvalue weighted by Gasteiger charge is 2.17. The summed E-state index contributed by atoms with van der Waals surface area (Å²) >= 11 is 0. The second kappa shape index (κ2) is 5.90. The first-order valence-electron chi connectivity index (χ1n) is 7.89. The van der Waals surface area contributed by atoms with Crippen LogP contribution in [0.1, 0.15) is 5.56 Å². The lowest BCUT2D eigenvalue weighted by molar-refractivity contribution is 0.0922. The summed E-state index contributed by atoms with van der Waals surface area (Å²) in [4.78, 5) is 0. The third-order valence-corrected chi connectivity index (χ3v) is 4.28. The molecule has 1 N–H and O–H groups in total. The van der Waals surface area contributed by atoms with Crippen molar-refractivity contribution in [3.05, 3.63) is 78.4 Å². The fourth-order valence-corrected chi connectivity index (χ4v) is 3.02. The Morgan fingerprint density at radius 2 is 1.35 bits per heavy atom. The van der Waals surface area contributed by atoms with Crippen LogP contribution in [-0.2, 0) is 6.42 Å². The Balaban J connectivity index is 1.64. The molecule has 1 atom stereocenters. The predicted octanol–water partition coefficient (Wildman–Crippen LogP) is 4.32. The molecule has 3 aromatic rings. The van der Waals surface area contributed by atoms with Crippen LogP contribution < -0.4 is 4.74 Å². The minimum atomic E-state index is -0.390. The lowest BCUT2D eigenvalue weighted by Crippen LogP contribution is -2.25. The number of ether oxygens (including phenoxy) is 1. The van der Waals surface area contributed by atoms with Gasteiger partial charge in [0.15, 0.2) is 0 Å². The summed E-state index contributed by atoms with van der Waals surface area (Å²) in [5.41, 5.74) is 5.82. The molecule has 1 heterocycles. The van der Waals surface area contributed by atoms with Crippen molar-refractivity contribution >= 4 is 0 Å². The van der Waals surface area contributed by atoms with E-state index in [0.29, 0.717) is 13.0 Å². The molecule has 0 radical (unpaired) electrons. The topological polar surface area (TPSA) is 29.5 Å². The van der Waals surface area contributed by atoms with E-state index in [1.807, 2.05) is 6.07 Å². The fraction of sp³-hybridized carbons (Fsp3) is 0.143. The molecule has 0 aliphatic carbocycles. The molecule has 0 saturated heterocycles. The van der Waals surface area contributed by atoms with Crippen molar-refractivity contribution < 1.29 is 9.84 Å². The normalized spacial score (nSPS) is 16.5. The van der Waals surface area contributed by atoms with Gasteiger partial charge in [0.05, 0.1) is 6.10 Å². The second-order valence-corrected chi connectivity index (χ2v) is 5.93. The van der Waals surface area contributed by atoms with Gasteiger partial charge in [-0.2, -0.15) is 0 Å². The van der Waals surface area contributed by atoms with Gasteiger partial charge in [-0.1, -0.05) is 66.7 Å². The van der Waals surface area contributed by atoms with E-state index in [1.165, 1.54) is 16.7 Å². The molecule has 2 heteroatoms. The summed E-state index contributed by atoms with van der Waals surface area (Å²) in [6, 6.07) is 25.2. The molecule has 114 valence electrons. The molecule has 0 fully saturated rings. The summed E-state index contributed by atoms with van der Waals surface area (Å²) in [5.74, 6) is 0.889. The molecule has 2 nitrogen and oxygen atoms in total. The highest BCUT2D eigenvalue weighted by Crippen LogP contribution is 2.31. The van der Waals surface area contributed by atoms with E-state index >= 15 is 0 Å². The van der Waals surface area contributed by atoms with Crippen LogP contribution in [0.25, 0.3) is 22.3 Å². The molecule has 0 bridgehead atoms. The van der Waals surface area contributed by atoms with Gasteiger partial charge in [0.25, 0.3) is 0 Å². The largest absolute Gasteiger partial charge is 0.491 e. The lowest BCUT2D eigenvalue weighted by Gasteiger charge is -2.22. The molecular formula is C21H18O2. The molecule has 4 rings (SSSR count). The van der Waals surface area contributed by atoms with Gasteiger partial charge in [-0.3, -0.25) is 0 Å². The smallest absolute Gasteiger partial charge is 0.123 e. The highest BCUT2D eigenvalue weighted by molar-refractivity contribution is 5.71. The Morgan fingerprint density at radius 3 is 2.09 bits per heavy atom. The van der Waals surface area contributed by atoms with Gasteiger partial charge in [-0.05, 0) is 33.9 Å². The Hall–Kier alpha value is -2.58. The summed E-state index contributed by atoms with van der Waals surface area (Å²) < 4.78 is 5.64. The van der Waals surface area contributed by atoms with Crippen LogP contribution in [0.15, 0.2) is 72.8 Å². The molecule has 0 saturated carbocycles. The van der Waals surface area contributed by atoms with Crippen LogP contribution in [0, 0.1) is 0 Å². The van der Waals surface area contributed by atoms with Crippen molar-refractivity contribution in [2.45, 2.75) is 12.5 Å². The van der Waals surface area contributed by atoms with E-state index in [2.05, 4.69) is 66.7 Å². The van der Waals surface area contributed by atoms with Gasteiger partial charge in [0.1, 0.15) is 12.4 Å². The summed E-state index contributed by atoms with van der Waals surface area (Å²) in [6.45, 7) is 0.378. The average molecular weight is 302 g/mol. The lowest BCUT2D eigenvalue weighted by atomic mass is 9.97. The van der Waals surface area contributed by atoms with E-state index in [4.69, 9.17) is 4.74 Å². The van der Waals surface area contributed by atoms with Crippen LogP contribution in [-0.4, -0.2) is 17.8 Å². The highest BCUT2D eigenvalue weighted by atomic mass is 16.5. The summed E-state index contributed by atoms with van der Waals surface area (Å²) in [7, 11) is 0. The third kappa shape index (κ3) is 2.86. The van der Waals surface area contributed by atoms with Crippen molar-refractivity contribution in [1.29, 1.82) is 0 Å². The van der Waals surface area contributed by atoms with Crippen molar-refractivity contribution in [3.63, 3.8) is 0 Å². The Labute approximate surface area is 136 Å². The summed E-state index contributed by atoms with van der Waals surface area (Å²) in [5, 5.41) is 9.66. The first-order chi connectivity index (χ1) is 11.3. The molecule has 1 aliphatic heterocycles. The van der Waals surface area contributed by atoms with Crippen LogP contribution >= 0.6 is 0 Å². The maximum atomic E-state index is 9.66. The van der Waals surface area contributed by atoms with E-state index in [1.54, 1.807) is 0 Å². The zero-order valence-corrected chi connectivity index (χ0v) is 12.8. The first kappa shape index (κ1) is 14.0. The van der Waals surface area contributed by atoms with Gasteiger partial charge < -0.3 is 9.84 Å². The molecule has 0 spiro atoms. The number of benzene rings is 3. The van der Waals surface area contributed by atoms with E-state index in [0.717, 1.165) is 16.9 Å². The SMILES string of the molecule is OC1COc2cc(-c3ccc(-c4ccccc4)cc3)ccc2C1. The second-order valence-electron chi connectivity index (χ2n) is 5.93. The first-order valence-corrected chi connectivity index (χ1v) is 7.89. The number of fused-ring (bicyclic) bond motifs is 1.